The fourth-order valence-corrected chi connectivity index (χ4v) is 10.2. The minimum absolute atomic E-state index is 0.125. The van der Waals surface area contributed by atoms with Gasteiger partial charge in [-0.15, -0.1) is 0 Å². The van der Waals surface area contributed by atoms with Gasteiger partial charge < -0.3 is 0 Å². The van der Waals surface area contributed by atoms with Crippen LogP contribution in [0.4, 0.5) is 0 Å². The molecule has 0 spiro atoms. The fraction of sp³-hybridized carbons (Fsp3) is 0.105. The average Bonchev–Trinajstić information content (AvgIpc) is 3.69. The number of fused-ring (bicyclic) bond motifs is 6. The molecule has 0 unspecified atom stereocenters. The molecule has 0 bridgehead atoms. The molecule has 0 aliphatic heterocycles. The van der Waals surface area contributed by atoms with Crippen molar-refractivity contribution in [2.45, 2.75) is 38.5 Å². The van der Waals surface area contributed by atoms with Crippen molar-refractivity contribution in [3.8, 4) is 89.8 Å². The number of benzene rings is 8. The predicted octanol–water partition coefficient (Wildman–Crippen LogP) is 14.5. The minimum Gasteiger partial charge on any atom is -0.208 e. The summed E-state index contributed by atoms with van der Waals surface area (Å²) >= 11 is 0. The maximum atomic E-state index is 5.33. The van der Waals surface area contributed by atoms with Gasteiger partial charge in [-0.1, -0.05) is 210 Å². The van der Waals surface area contributed by atoms with Gasteiger partial charge in [-0.05, 0) is 84.0 Å². The Bertz CT molecular complexity index is 3040. The maximum Gasteiger partial charge on any atom is 0.164 e. The quantitative estimate of drug-likeness (QED) is 0.169. The van der Waals surface area contributed by atoms with Crippen molar-refractivity contribution in [2.75, 3.05) is 0 Å². The van der Waals surface area contributed by atoms with Crippen LogP contribution in [0.15, 0.2) is 188 Å². The van der Waals surface area contributed by atoms with E-state index in [0.717, 1.165) is 38.9 Å². The third kappa shape index (κ3) is 5.53. The standard InChI is InChI=1S/C57H43N3/c1-56(2)49-32-16-15-25-41(49)43-28-17-30-45(51(43)56)46-31-18-29-44-42-34-33-38(35-50(42)57(3,4)52(44)46)53-58-54(47-26-13-11-23-39(47)36-19-7-5-8-20-36)60-55(59-53)48-27-14-12-24-40(48)37-21-9-6-10-22-37/h5-35H,1-4H3. The SMILES string of the molecule is CC1(C)c2ccccc2-c2cccc(-c3cccc4c3C(C)(C)c3cc(-c5nc(-c6ccccc6-c6ccccc6)nc(-c6ccccc6-c6ccccc6)n5)ccc3-4)c21. The van der Waals surface area contributed by atoms with Crippen molar-refractivity contribution >= 4 is 0 Å². The summed E-state index contributed by atoms with van der Waals surface area (Å²) < 4.78 is 0. The zero-order valence-corrected chi connectivity index (χ0v) is 34.2. The zero-order chi connectivity index (χ0) is 40.6. The first kappa shape index (κ1) is 35.9. The molecule has 2 aliphatic rings. The first-order chi connectivity index (χ1) is 29.3. The smallest absolute Gasteiger partial charge is 0.164 e. The van der Waals surface area contributed by atoms with Crippen molar-refractivity contribution in [1.82, 2.24) is 15.0 Å². The molecule has 1 heterocycles. The van der Waals surface area contributed by atoms with Crippen molar-refractivity contribution in [1.29, 1.82) is 0 Å². The van der Waals surface area contributed by atoms with Crippen molar-refractivity contribution < 1.29 is 0 Å². The Morgan fingerprint density at radius 1 is 0.267 bits per heavy atom. The molecule has 2 aliphatic carbocycles. The summed E-state index contributed by atoms with van der Waals surface area (Å²) in [5.74, 6) is 1.93. The third-order valence-electron chi connectivity index (χ3n) is 12.9. The lowest BCUT2D eigenvalue weighted by molar-refractivity contribution is 0.655. The Morgan fingerprint density at radius 3 is 1.15 bits per heavy atom. The molecule has 0 fully saturated rings. The highest BCUT2D eigenvalue weighted by atomic mass is 15.0. The average molecular weight is 770 g/mol. The number of rotatable bonds is 6. The van der Waals surface area contributed by atoms with E-state index < -0.39 is 0 Å². The van der Waals surface area contributed by atoms with E-state index >= 15 is 0 Å². The predicted molar refractivity (Wildman–Crippen MR) is 248 cm³/mol. The van der Waals surface area contributed by atoms with Crippen LogP contribution in [0.2, 0.25) is 0 Å². The van der Waals surface area contributed by atoms with Crippen molar-refractivity contribution in [2.24, 2.45) is 0 Å². The second kappa shape index (κ2) is 13.7. The van der Waals surface area contributed by atoms with Gasteiger partial charge in [-0.25, -0.2) is 15.0 Å². The molecule has 11 rings (SSSR count). The minimum atomic E-state index is -0.298. The fourth-order valence-electron chi connectivity index (χ4n) is 10.2. The van der Waals surface area contributed by atoms with Crippen LogP contribution in [0.3, 0.4) is 0 Å². The van der Waals surface area contributed by atoms with E-state index in [9.17, 15) is 0 Å². The molecule has 3 heteroatoms. The summed E-state index contributed by atoms with van der Waals surface area (Å²) in [5.41, 5.74) is 20.1. The van der Waals surface area contributed by atoms with Crippen LogP contribution < -0.4 is 0 Å². The van der Waals surface area contributed by atoms with Crippen LogP contribution in [-0.4, -0.2) is 15.0 Å². The molecule has 8 aromatic carbocycles. The molecule has 0 radical (unpaired) electrons. The van der Waals surface area contributed by atoms with Gasteiger partial charge in [-0.3, -0.25) is 0 Å². The van der Waals surface area contributed by atoms with Gasteiger partial charge in [0.15, 0.2) is 17.5 Å². The van der Waals surface area contributed by atoms with Crippen LogP contribution in [0.1, 0.15) is 49.9 Å². The molecule has 286 valence electrons. The number of hydrogen-bond acceptors (Lipinski definition) is 3. The molecule has 0 atom stereocenters. The lowest BCUT2D eigenvalue weighted by atomic mass is 9.74. The van der Waals surface area contributed by atoms with Crippen molar-refractivity contribution in [3.05, 3.63) is 210 Å². The molecule has 0 N–H and O–H groups in total. The zero-order valence-electron chi connectivity index (χ0n) is 34.2. The number of nitrogens with zero attached hydrogens (tertiary/aromatic N) is 3. The molecule has 0 saturated heterocycles. The Kier molecular flexibility index (Phi) is 8.18. The Balaban J connectivity index is 1.08. The second-order valence-corrected chi connectivity index (χ2v) is 17.1. The summed E-state index contributed by atoms with van der Waals surface area (Å²) in [4.78, 5) is 15.9. The summed E-state index contributed by atoms with van der Waals surface area (Å²) in [6, 6.07) is 67.3. The summed E-state index contributed by atoms with van der Waals surface area (Å²) in [7, 11) is 0. The molecular formula is C57H43N3. The molecule has 0 saturated carbocycles. The molecule has 60 heavy (non-hydrogen) atoms. The van der Waals surface area contributed by atoms with Gasteiger partial charge >= 0.3 is 0 Å². The normalized spacial score (nSPS) is 13.9. The van der Waals surface area contributed by atoms with Gasteiger partial charge in [0.25, 0.3) is 0 Å². The first-order valence-corrected chi connectivity index (χ1v) is 20.9. The van der Waals surface area contributed by atoms with Crippen LogP contribution in [0.25, 0.3) is 89.8 Å². The molecule has 9 aromatic rings. The van der Waals surface area contributed by atoms with E-state index in [1.807, 2.05) is 0 Å². The topological polar surface area (TPSA) is 38.7 Å². The number of hydrogen-bond donors (Lipinski definition) is 0. The highest BCUT2D eigenvalue weighted by Gasteiger charge is 2.41. The Labute approximate surface area is 352 Å². The van der Waals surface area contributed by atoms with Gasteiger partial charge in [0, 0.05) is 27.5 Å². The van der Waals surface area contributed by atoms with E-state index in [4.69, 9.17) is 15.0 Å². The summed E-state index contributed by atoms with van der Waals surface area (Å²) in [6.45, 7) is 9.52. The lowest BCUT2D eigenvalue weighted by Gasteiger charge is -2.28. The maximum absolute atomic E-state index is 5.33. The van der Waals surface area contributed by atoms with E-state index in [1.165, 1.54) is 55.6 Å². The first-order valence-electron chi connectivity index (χ1n) is 20.9. The van der Waals surface area contributed by atoms with Gasteiger partial charge in [-0.2, -0.15) is 0 Å². The van der Waals surface area contributed by atoms with Gasteiger partial charge in [0.05, 0.1) is 0 Å². The van der Waals surface area contributed by atoms with Crippen LogP contribution in [0, 0.1) is 0 Å². The Hall–Kier alpha value is -7.23. The largest absolute Gasteiger partial charge is 0.208 e. The number of aromatic nitrogens is 3. The summed E-state index contributed by atoms with van der Waals surface area (Å²) in [5, 5.41) is 0. The lowest BCUT2D eigenvalue weighted by Crippen LogP contribution is -2.19. The monoisotopic (exact) mass is 769 g/mol. The highest BCUT2D eigenvalue weighted by molar-refractivity contribution is 5.94. The third-order valence-corrected chi connectivity index (χ3v) is 12.9. The molecule has 1 aromatic heterocycles. The van der Waals surface area contributed by atoms with E-state index in [2.05, 4.69) is 216 Å². The summed E-state index contributed by atoms with van der Waals surface area (Å²) in [6.07, 6.45) is 0. The van der Waals surface area contributed by atoms with Crippen LogP contribution in [-0.2, 0) is 10.8 Å². The highest BCUT2D eigenvalue weighted by Crippen LogP contribution is 2.57. The van der Waals surface area contributed by atoms with Gasteiger partial charge in [0.1, 0.15) is 0 Å². The van der Waals surface area contributed by atoms with Crippen LogP contribution in [0.5, 0.6) is 0 Å². The molecule has 0 amide bonds. The van der Waals surface area contributed by atoms with Crippen molar-refractivity contribution in [3.63, 3.8) is 0 Å². The van der Waals surface area contributed by atoms with Crippen LogP contribution >= 0.6 is 0 Å². The second-order valence-electron chi connectivity index (χ2n) is 17.1. The van der Waals surface area contributed by atoms with E-state index in [0.29, 0.717) is 17.5 Å². The van der Waals surface area contributed by atoms with E-state index in [-0.39, 0.29) is 10.8 Å². The molecule has 3 nitrogen and oxygen atoms in total. The molecular weight excluding hydrogens is 727 g/mol. The van der Waals surface area contributed by atoms with Gasteiger partial charge in [0.2, 0.25) is 0 Å². The van der Waals surface area contributed by atoms with E-state index in [1.54, 1.807) is 0 Å². The Morgan fingerprint density at radius 2 is 0.633 bits per heavy atom.